The Morgan fingerprint density at radius 1 is 0.939 bits per heavy atom. The molecule has 0 aliphatic carbocycles. The lowest BCUT2D eigenvalue weighted by molar-refractivity contribution is -0.122. The van der Waals surface area contributed by atoms with Gasteiger partial charge in [-0.3, -0.25) is 14.4 Å². The molecular weight excluding hydrogens is 414 g/mol. The molecule has 0 spiro atoms. The third-order valence-corrected chi connectivity index (χ3v) is 5.97. The molecule has 1 saturated heterocycles. The molecule has 4 rings (SSSR count). The van der Waals surface area contributed by atoms with E-state index in [2.05, 4.69) is 10.6 Å². The Kier molecular flexibility index (Phi) is 6.54. The summed E-state index contributed by atoms with van der Waals surface area (Å²) in [7, 11) is 0. The number of nitrogens with one attached hydrogen (secondary N) is 2. The lowest BCUT2D eigenvalue weighted by Crippen LogP contribution is -2.29. The van der Waals surface area contributed by atoms with Gasteiger partial charge in [-0.1, -0.05) is 54.1 Å². The Bertz CT molecular complexity index is 1190. The number of carbonyl (C=O) groups excluding carboxylic acids is 3. The smallest absolute Gasteiger partial charge is 0.253 e. The van der Waals surface area contributed by atoms with E-state index < -0.39 is 5.92 Å². The van der Waals surface area contributed by atoms with Crippen LogP contribution < -0.4 is 15.5 Å². The van der Waals surface area contributed by atoms with Crippen molar-refractivity contribution in [3.05, 3.63) is 95.1 Å². The Morgan fingerprint density at radius 3 is 2.39 bits per heavy atom. The number of benzene rings is 3. The Labute approximate surface area is 193 Å². The van der Waals surface area contributed by atoms with E-state index in [1.165, 1.54) is 0 Å². The van der Waals surface area contributed by atoms with Gasteiger partial charge in [-0.25, -0.2) is 0 Å². The van der Waals surface area contributed by atoms with Crippen LogP contribution >= 0.6 is 0 Å². The second-order valence-electron chi connectivity index (χ2n) is 8.38. The molecule has 6 nitrogen and oxygen atoms in total. The second kappa shape index (κ2) is 9.69. The molecule has 3 amide bonds. The molecule has 6 heteroatoms. The largest absolute Gasteiger partial charge is 0.348 e. The summed E-state index contributed by atoms with van der Waals surface area (Å²) in [4.78, 5) is 40.0. The summed E-state index contributed by atoms with van der Waals surface area (Å²) in [6.07, 6.45) is 0.140. The molecule has 3 aromatic carbocycles. The van der Waals surface area contributed by atoms with Gasteiger partial charge in [-0.05, 0) is 49.2 Å². The number of rotatable bonds is 6. The maximum Gasteiger partial charge on any atom is 0.253 e. The molecule has 3 aromatic rings. The van der Waals surface area contributed by atoms with Crippen LogP contribution in [0.15, 0.2) is 72.8 Å². The van der Waals surface area contributed by atoms with Gasteiger partial charge in [-0.15, -0.1) is 0 Å². The third-order valence-electron chi connectivity index (χ3n) is 5.97. The first-order valence-corrected chi connectivity index (χ1v) is 11.0. The monoisotopic (exact) mass is 441 g/mol. The van der Waals surface area contributed by atoms with Crippen LogP contribution in [0.2, 0.25) is 0 Å². The van der Waals surface area contributed by atoms with E-state index in [-0.39, 0.29) is 24.1 Å². The highest BCUT2D eigenvalue weighted by Crippen LogP contribution is 2.27. The van der Waals surface area contributed by atoms with Crippen LogP contribution in [0.1, 0.15) is 33.5 Å². The molecule has 1 atom stereocenters. The molecule has 168 valence electrons. The molecule has 1 fully saturated rings. The molecule has 2 N–H and O–H groups in total. The highest BCUT2D eigenvalue weighted by molar-refractivity contribution is 6.07. The molecule has 0 saturated carbocycles. The zero-order valence-electron chi connectivity index (χ0n) is 18.8. The quantitative estimate of drug-likeness (QED) is 0.601. The molecule has 1 heterocycles. The summed E-state index contributed by atoms with van der Waals surface area (Å²) in [5.41, 5.74) is 4.86. The third kappa shape index (κ3) is 5.12. The summed E-state index contributed by atoms with van der Waals surface area (Å²) in [5.74, 6) is -1.10. The molecule has 1 aliphatic rings. The van der Waals surface area contributed by atoms with Crippen molar-refractivity contribution in [1.29, 1.82) is 0 Å². The van der Waals surface area contributed by atoms with Crippen molar-refractivity contribution in [3.8, 4) is 0 Å². The number of nitrogens with zero attached hydrogens (tertiary/aromatic N) is 1. The standard InChI is InChI=1S/C27H27N3O3/c1-18-11-13-22(14-12-18)30-17-21(15-25(30)31)26(32)29-24-10-6-5-9-23(24)27(33)28-16-20-8-4-3-7-19(20)2/h3-14,21H,15-17H2,1-2H3,(H,28,33)(H,29,32)/t21-/m0/s1. The van der Waals surface area contributed by atoms with Crippen molar-refractivity contribution >= 4 is 29.1 Å². The molecule has 0 bridgehead atoms. The highest BCUT2D eigenvalue weighted by atomic mass is 16.2. The van der Waals surface area contributed by atoms with Crippen molar-refractivity contribution in [3.63, 3.8) is 0 Å². The minimum Gasteiger partial charge on any atom is -0.348 e. The molecule has 0 radical (unpaired) electrons. The first-order chi connectivity index (χ1) is 15.9. The number of amides is 3. The first kappa shape index (κ1) is 22.3. The minimum atomic E-state index is -0.484. The average Bonchev–Trinajstić information content (AvgIpc) is 3.21. The Hall–Kier alpha value is -3.93. The fraction of sp³-hybridized carbons (Fsp3) is 0.222. The van der Waals surface area contributed by atoms with Crippen molar-refractivity contribution in [1.82, 2.24) is 5.32 Å². The Balaban J connectivity index is 1.42. The normalized spacial score (nSPS) is 15.4. The summed E-state index contributed by atoms with van der Waals surface area (Å²) < 4.78 is 0. The molecular formula is C27H27N3O3. The predicted octanol–water partition coefficient (Wildman–Crippen LogP) is 4.23. The topological polar surface area (TPSA) is 78.5 Å². The average molecular weight is 442 g/mol. The van der Waals surface area contributed by atoms with Gasteiger partial charge in [0.05, 0.1) is 17.2 Å². The molecule has 1 aliphatic heterocycles. The van der Waals surface area contributed by atoms with Crippen molar-refractivity contribution in [2.75, 3.05) is 16.8 Å². The van der Waals surface area contributed by atoms with Crippen LogP contribution in [-0.4, -0.2) is 24.3 Å². The van der Waals surface area contributed by atoms with E-state index in [1.54, 1.807) is 29.2 Å². The number of carbonyl (C=O) groups is 3. The van der Waals surface area contributed by atoms with E-state index in [1.807, 2.05) is 62.4 Å². The number of hydrogen-bond donors (Lipinski definition) is 2. The fourth-order valence-corrected chi connectivity index (χ4v) is 3.96. The number of hydrogen-bond acceptors (Lipinski definition) is 3. The SMILES string of the molecule is Cc1ccc(N2C[C@@H](C(=O)Nc3ccccc3C(=O)NCc3ccccc3C)CC2=O)cc1. The van der Waals surface area contributed by atoms with E-state index >= 15 is 0 Å². The molecule has 0 unspecified atom stereocenters. The van der Waals surface area contributed by atoms with Gasteiger partial charge in [0.1, 0.15) is 0 Å². The summed E-state index contributed by atoms with van der Waals surface area (Å²) in [6.45, 7) is 4.70. The van der Waals surface area contributed by atoms with Crippen LogP contribution in [0, 0.1) is 19.8 Å². The van der Waals surface area contributed by atoms with Gasteiger partial charge in [0, 0.05) is 25.2 Å². The van der Waals surface area contributed by atoms with Crippen molar-refractivity contribution in [2.24, 2.45) is 5.92 Å². The maximum atomic E-state index is 13.0. The second-order valence-corrected chi connectivity index (χ2v) is 8.38. The predicted molar refractivity (Wildman–Crippen MR) is 129 cm³/mol. The van der Waals surface area contributed by atoms with E-state index in [0.717, 1.165) is 22.4 Å². The minimum absolute atomic E-state index is 0.0803. The Morgan fingerprint density at radius 2 is 1.64 bits per heavy atom. The van der Waals surface area contributed by atoms with Gasteiger partial charge in [0.2, 0.25) is 11.8 Å². The van der Waals surface area contributed by atoms with Crippen molar-refractivity contribution < 1.29 is 14.4 Å². The van der Waals surface area contributed by atoms with Crippen LogP contribution in [0.4, 0.5) is 11.4 Å². The maximum absolute atomic E-state index is 13.0. The molecule has 33 heavy (non-hydrogen) atoms. The first-order valence-electron chi connectivity index (χ1n) is 11.0. The van der Waals surface area contributed by atoms with Gasteiger partial charge in [-0.2, -0.15) is 0 Å². The lowest BCUT2D eigenvalue weighted by Gasteiger charge is -2.17. The van der Waals surface area contributed by atoms with Crippen LogP contribution in [0.3, 0.4) is 0 Å². The van der Waals surface area contributed by atoms with Crippen LogP contribution in [0.25, 0.3) is 0 Å². The van der Waals surface area contributed by atoms with Gasteiger partial charge in [0.25, 0.3) is 5.91 Å². The zero-order chi connectivity index (χ0) is 23.4. The number of aryl methyl sites for hydroxylation is 2. The van der Waals surface area contributed by atoms with E-state index in [0.29, 0.717) is 24.3 Å². The van der Waals surface area contributed by atoms with E-state index in [9.17, 15) is 14.4 Å². The lowest BCUT2D eigenvalue weighted by atomic mass is 10.1. The highest BCUT2D eigenvalue weighted by Gasteiger charge is 2.35. The fourth-order valence-electron chi connectivity index (χ4n) is 3.96. The van der Waals surface area contributed by atoms with Gasteiger partial charge in [0.15, 0.2) is 0 Å². The van der Waals surface area contributed by atoms with Crippen LogP contribution in [0.5, 0.6) is 0 Å². The number of anilines is 2. The molecule has 0 aromatic heterocycles. The van der Waals surface area contributed by atoms with E-state index in [4.69, 9.17) is 0 Å². The zero-order valence-corrected chi connectivity index (χ0v) is 18.8. The summed E-state index contributed by atoms with van der Waals surface area (Å²) in [6, 6.07) is 22.5. The van der Waals surface area contributed by atoms with Crippen LogP contribution in [-0.2, 0) is 16.1 Å². The van der Waals surface area contributed by atoms with Crippen molar-refractivity contribution in [2.45, 2.75) is 26.8 Å². The number of para-hydroxylation sites is 1. The summed E-state index contributed by atoms with van der Waals surface area (Å²) >= 11 is 0. The van der Waals surface area contributed by atoms with Gasteiger partial charge < -0.3 is 15.5 Å². The van der Waals surface area contributed by atoms with Gasteiger partial charge >= 0.3 is 0 Å². The summed E-state index contributed by atoms with van der Waals surface area (Å²) in [5, 5.41) is 5.79.